The Balaban J connectivity index is 1.44. The predicted molar refractivity (Wildman–Crippen MR) is 133 cm³/mol. The molecule has 7 nitrogen and oxygen atoms in total. The summed E-state index contributed by atoms with van der Waals surface area (Å²) in [5, 5.41) is 18.7. The molecule has 0 aliphatic heterocycles. The van der Waals surface area contributed by atoms with Gasteiger partial charge in [0.2, 0.25) is 0 Å². The molecule has 5 rings (SSSR count). The Hall–Kier alpha value is -4.78. The van der Waals surface area contributed by atoms with Crippen molar-refractivity contribution >= 4 is 39.5 Å². The number of aromatic nitrogens is 1. The minimum absolute atomic E-state index is 0.0389. The second-order valence-corrected chi connectivity index (χ2v) is 7.84. The highest BCUT2D eigenvalue weighted by Crippen LogP contribution is 2.24. The van der Waals surface area contributed by atoms with Crippen molar-refractivity contribution in [3.05, 3.63) is 124 Å². The van der Waals surface area contributed by atoms with Gasteiger partial charge in [0.25, 0.3) is 11.6 Å². The molecular formula is C27H20N4O3. The van der Waals surface area contributed by atoms with Crippen LogP contribution in [0.3, 0.4) is 0 Å². The molecule has 0 atom stereocenters. The van der Waals surface area contributed by atoms with E-state index in [1.807, 2.05) is 42.6 Å². The predicted octanol–water partition coefficient (Wildman–Crippen LogP) is 5.51. The first kappa shape index (κ1) is 21.1. The van der Waals surface area contributed by atoms with Crippen molar-refractivity contribution in [2.75, 3.05) is 0 Å². The number of fused-ring (bicyclic) bond motifs is 2. The molecule has 0 saturated heterocycles. The Labute approximate surface area is 195 Å². The lowest BCUT2D eigenvalue weighted by atomic mass is 10.0. The van der Waals surface area contributed by atoms with E-state index in [0.717, 1.165) is 16.5 Å². The fourth-order valence-corrected chi connectivity index (χ4v) is 4.17. The van der Waals surface area contributed by atoms with Crippen molar-refractivity contribution in [2.45, 2.75) is 6.54 Å². The molecule has 0 unspecified atom stereocenters. The van der Waals surface area contributed by atoms with E-state index in [2.05, 4.69) is 45.4 Å². The summed E-state index contributed by atoms with van der Waals surface area (Å²) in [6, 6.07) is 28.3. The number of hydrazone groups is 1. The number of rotatable bonds is 6. The van der Waals surface area contributed by atoms with Gasteiger partial charge < -0.3 is 4.57 Å². The van der Waals surface area contributed by atoms with Crippen LogP contribution in [0.1, 0.15) is 21.5 Å². The summed E-state index contributed by atoms with van der Waals surface area (Å²) in [5.74, 6) is -0.636. The second kappa shape index (κ2) is 8.99. The first-order valence-corrected chi connectivity index (χ1v) is 10.7. The molecular weight excluding hydrogens is 428 g/mol. The Bertz CT molecular complexity index is 1560. The normalized spacial score (nSPS) is 11.3. The minimum Gasteiger partial charge on any atom is -0.342 e. The summed E-state index contributed by atoms with van der Waals surface area (Å²) in [7, 11) is 0. The lowest BCUT2D eigenvalue weighted by Crippen LogP contribution is -2.18. The maximum Gasteiger partial charge on any atom is 0.282 e. The van der Waals surface area contributed by atoms with Gasteiger partial charge in [0.1, 0.15) is 5.56 Å². The molecule has 1 heterocycles. The number of amides is 1. The molecule has 166 valence electrons. The molecule has 7 heteroatoms. The molecule has 0 bridgehead atoms. The Morgan fingerprint density at radius 2 is 1.62 bits per heavy atom. The van der Waals surface area contributed by atoms with Crippen LogP contribution < -0.4 is 5.43 Å². The fraction of sp³-hybridized carbons (Fsp3) is 0.0370. The van der Waals surface area contributed by atoms with Crippen LogP contribution in [-0.2, 0) is 6.54 Å². The largest absolute Gasteiger partial charge is 0.342 e. The molecule has 1 aromatic heterocycles. The van der Waals surface area contributed by atoms with E-state index in [4.69, 9.17) is 0 Å². The van der Waals surface area contributed by atoms with Crippen molar-refractivity contribution in [1.29, 1.82) is 0 Å². The minimum atomic E-state index is -0.636. The number of nitro benzene ring substituents is 1. The van der Waals surface area contributed by atoms with E-state index < -0.39 is 10.8 Å². The Morgan fingerprint density at radius 1 is 0.912 bits per heavy atom. The Kier molecular flexibility index (Phi) is 5.58. The van der Waals surface area contributed by atoms with E-state index in [0.29, 0.717) is 6.54 Å². The third-order valence-electron chi connectivity index (χ3n) is 5.76. The molecule has 1 amide bonds. The van der Waals surface area contributed by atoms with Crippen LogP contribution in [-0.4, -0.2) is 21.6 Å². The summed E-state index contributed by atoms with van der Waals surface area (Å²) < 4.78 is 2.16. The van der Waals surface area contributed by atoms with Gasteiger partial charge in [0.15, 0.2) is 0 Å². The molecule has 0 spiro atoms. The number of carbonyl (C=O) groups excluding carboxylic acids is 1. The van der Waals surface area contributed by atoms with E-state index in [1.54, 1.807) is 12.3 Å². The van der Waals surface area contributed by atoms with E-state index >= 15 is 0 Å². The number of benzene rings is 4. The van der Waals surface area contributed by atoms with Gasteiger partial charge in [0, 0.05) is 35.3 Å². The van der Waals surface area contributed by atoms with Crippen molar-refractivity contribution in [2.24, 2.45) is 5.10 Å². The maximum absolute atomic E-state index is 12.5. The molecule has 0 radical (unpaired) electrons. The lowest BCUT2D eigenvalue weighted by Gasteiger charge is -2.09. The van der Waals surface area contributed by atoms with E-state index in [-0.39, 0.29) is 11.3 Å². The summed E-state index contributed by atoms with van der Waals surface area (Å²) in [4.78, 5) is 23.1. The molecule has 0 aliphatic carbocycles. The van der Waals surface area contributed by atoms with Crippen molar-refractivity contribution in [3.63, 3.8) is 0 Å². The number of para-hydroxylation sites is 2. The number of hydrogen-bond donors (Lipinski definition) is 1. The molecule has 0 saturated carbocycles. The quantitative estimate of drug-likeness (QED) is 0.211. The zero-order valence-corrected chi connectivity index (χ0v) is 18.1. The fourth-order valence-electron chi connectivity index (χ4n) is 4.17. The van der Waals surface area contributed by atoms with Crippen LogP contribution in [0, 0.1) is 10.1 Å². The van der Waals surface area contributed by atoms with E-state index in [1.165, 1.54) is 34.5 Å². The van der Waals surface area contributed by atoms with Gasteiger partial charge in [-0.3, -0.25) is 14.9 Å². The molecule has 4 aromatic carbocycles. The average Bonchev–Trinajstić information content (AvgIpc) is 3.21. The number of nitrogens with zero attached hydrogens (tertiary/aromatic N) is 3. The number of nitro groups is 1. The number of hydrogen-bond acceptors (Lipinski definition) is 4. The Morgan fingerprint density at radius 3 is 2.47 bits per heavy atom. The summed E-state index contributed by atoms with van der Waals surface area (Å²) in [6.07, 6.45) is 3.56. The zero-order chi connectivity index (χ0) is 23.5. The zero-order valence-electron chi connectivity index (χ0n) is 18.1. The van der Waals surface area contributed by atoms with Gasteiger partial charge in [-0.05, 0) is 28.5 Å². The SMILES string of the molecule is O=C(N/N=C\c1cn(Cc2cccc3ccccc23)c2ccccc12)c1ccccc1[N+](=O)[O-]. The van der Waals surface area contributed by atoms with Gasteiger partial charge in [-0.1, -0.05) is 72.8 Å². The summed E-state index contributed by atoms with van der Waals surface area (Å²) in [5.41, 5.74) is 5.18. The van der Waals surface area contributed by atoms with Gasteiger partial charge in [-0.25, -0.2) is 5.43 Å². The van der Waals surface area contributed by atoms with Gasteiger partial charge >= 0.3 is 0 Å². The number of carbonyl (C=O) groups is 1. The van der Waals surface area contributed by atoms with Crippen molar-refractivity contribution in [3.8, 4) is 0 Å². The van der Waals surface area contributed by atoms with E-state index in [9.17, 15) is 14.9 Å². The van der Waals surface area contributed by atoms with Crippen LogP contribution in [0.4, 0.5) is 5.69 Å². The van der Waals surface area contributed by atoms with Crippen LogP contribution in [0.2, 0.25) is 0 Å². The van der Waals surface area contributed by atoms with Gasteiger partial charge in [0.05, 0.1) is 11.1 Å². The van der Waals surface area contributed by atoms with Crippen LogP contribution in [0.25, 0.3) is 21.7 Å². The topological polar surface area (TPSA) is 89.5 Å². The van der Waals surface area contributed by atoms with Crippen LogP contribution >= 0.6 is 0 Å². The molecule has 1 N–H and O–H groups in total. The first-order valence-electron chi connectivity index (χ1n) is 10.7. The lowest BCUT2D eigenvalue weighted by molar-refractivity contribution is -0.385. The standard InChI is InChI=1S/C27H20N4O3/c32-27(24-13-4-6-15-26(24)31(33)34)29-28-16-21-18-30(25-14-5-3-12-23(21)25)17-20-10-7-9-19-8-1-2-11-22(19)20/h1-16,18H,17H2,(H,29,32)/b28-16-. The molecule has 0 aliphatic rings. The summed E-state index contributed by atoms with van der Waals surface area (Å²) >= 11 is 0. The second-order valence-electron chi connectivity index (χ2n) is 7.84. The van der Waals surface area contributed by atoms with Gasteiger partial charge in [-0.15, -0.1) is 0 Å². The molecule has 34 heavy (non-hydrogen) atoms. The smallest absolute Gasteiger partial charge is 0.282 e. The maximum atomic E-state index is 12.5. The highest BCUT2D eigenvalue weighted by Gasteiger charge is 2.18. The third-order valence-corrected chi connectivity index (χ3v) is 5.76. The third kappa shape index (κ3) is 4.02. The number of nitrogens with one attached hydrogen (secondary N) is 1. The van der Waals surface area contributed by atoms with Crippen LogP contribution in [0.5, 0.6) is 0 Å². The highest BCUT2D eigenvalue weighted by molar-refractivity contribution is 6.01. The molecule has 0 fully saturated rings. The van der Waals surface area contributed by atoms with Crippen molar-refractivity contribution in [1.82, 2.24) is 9.99 Å². The van der Waals surface area contributed by atoms with Crippen LogP contribution in [0.15, 0.2) is 102 Å². The first-order chi connectivity index (χ1) is 16.6. The van der Waals surface area contributed by atoms with Crippen molar-refractivity contribution < 1.29 is 9.72 Å². The average molecular weight is 448 g/mol. The van der Waals surface area contributed by atoms with Gasteiger partial charge in [-0.2, -0.15) is 5.10 Å². The summed E-state index contributed by atoms with van der Waals surface area (Å²) in [6.45, 7) is 0.679. The highest BCUT2D eigenvalue weighted by atomic mass is 16.6. The molecule has 5 aromatic rings. The monoisotopic (exact) mass is 448 g/mol.